The van der Waals surface area contributed by atoms with Crippen LogP contribution in [-0.2, 0) is 18.9 Å². The monoisotopic (exact) mass is 574 g/mol. The first-order valence-corrected chi connectivity index (χ1v) is 12.7. The second kappa shape index (κ2) is 12.4. The van der Waals surface area contributed by atoms with Crippen LogP contribution in [0.2, 0.25) is 0 Å². The smallest absolute Gasteiger partial charge is 0.338 e. The van der Waals surface area contributed by atoms with Gasteiger partial charge < -0.3 is 18.9 Å². The van der Waals surface area contributed by atoms with Crippen LogP contribution in [0.15, 0.2) is 107 Å². The van der Waals surface area contributed by atoms with Crippen LogP contribution in [0.1, 0.15) is 37.3 Å². The molecule has 3 aromatic carbocycles. The van der Waals surface area contributed by atoms with Gasteiger partial charge in [0.2, 0.25) is 5.82 Å². The molecular formula is C30H23FN2O9. The summed E-state index contributed by atoms with van der Waals surface area (Å²) in [5.74, 6) is -3.73. The Morgan fingerprint density at radius 1 is 0.738 bits per heavy atom. The van der Waals surface area contributed by atoms with Gasteiger partial charge in [-0.25, -0.2) is 19.2 Å². The van der Waals surface area contributed by atoms with Crippen molar-refractivity contribution in [2.75, 3.05) is 6.61 Å². The molecule has 11 nitrogen and oxygen atoms in total. The van der Waals surface area contributed by atoms with Crippen LogP contribution in [0.4, 0.5) is 4.39 Å². The number of ether oxygens (including phenoxy) is 4. The van der Waals surface area contributed by atoms with Gasteiger partial charge in [-0.05, 0) is 36.4 Å². The third-order valence-electron chi connectivity index (χ3n) is 6.38. The lowest BCUT2D eigenvalue weighted by molar-refractivity contribution is -0.0643. The van der Waals surface area contributed by atoms with E-state index in [0.29, 0.717) is 10.8 Å². The van der Waals surface area contributed by atoms with Gasteiger partial charge in [-0.3, -0.25) is 14.3 Å². The van der Waals surface area contributed by atoms with Crippen molar-refractivity contribution < 1.29 is 37.7 Å². The van der Waals surface area contributed by atoms with E-state index in [-0.39, 0.29) is 16.7 Å². The molecule has 214 valence electrons. The molecule has 1 aliphatic rings. The first kappa shape index (κ1) is 28.2. The number of carbonyl (C=O) groups excluding carboxylic acids is 3. The van der Waals surface area contributed by atoms with Gasteiger partial charge in [-0.2, -0.15) is 4.39 Å². The Bertz CT molecular complexity index is 1690. The Morgan fingerprint density at radius 2 is 1.21 bits per heavy atom. The summed E-state index contributed by atoms with van der Waals surface area (Å²) in [5, 5.41) is 0. The predicted octanol–water partition coefficient (Wildman–Crippen LogP) is 2.88. The van der Waals surface area contributed by atoms with E-state index < -0.39 is 66.1 Å². The Balaban J connectivity index is 1.52. The molecule has 1 aliphatic heterocycles. The van der Waals surface area contributed by atoms with Gasteiger partial charge >= 0.3 is 23.6 Å². The van der Waals surface area contributed by atoms with Crippen molar-refractivity contribution in [3.8, 4) is 0 Å². The second-order valence-corrected chi connectivity index (χ2v) is 9.15. The number of benzene rings is 3. The van der Waals surface area contributed by atoms with E-state index >= 15 is 0 Å². The van der Waals surface area contributed by atoms with Crippen LogP contribution in [0, 0.1) is 5.82 Å². The number of nitrogens with zero attached hydrogens (tertiary/aromatic N) is 1. The van der Waals surface area contributed by atoms with Crippen LogP contribution >= 0.6 is 0 Å². The lowest BCUT2D eigenvalue weighted by atomic mass is 10.1. The summed E-state index contributed by atoms with van der Waals surface area (Å²) in [6, 6.07) is 23.8. The molecular weight excluding hydrogens is 551 g/mol. The molecule has 0 unspecified atom stereocenters. The van der Waals surface area contributed by atoms with E-state index in [1.807, 2.05) is 4.98 Å². The Kier molecular flexibility index (Phi) is 8.34. The molecule has 1 N–H and O–H groups in total. The Labute approximate surface area is 237 Å². The quantitative estimate of drug-likeness (QED) is 0.248. The maximum atomic E-state index is 14.3. The molecule has 0 aliphatic carbocycles. The Morgan fingerprint density at radius 3 is 1.74 bits per heavy atom. The fraction of sp³-hybridized carbons (Fsp3) is 0.167. The summed E-state index contributed by atoms with van der Waals surface area (Å²) in [7, 11) is 0. The molecule has 4 atom stereocenters. The highest BCUT2D eigenvalue weighted by Crippen LogP contribution is 2.34. The van der Waals surface area contributed by atoms with Crippen LogP contribution in [-0.4, -0.2) is 52.4 Å². The highest BCUT2D eigenvalue weighted by Gasteiger charge is 2.51. The van der Waals surface area contributed by atoms with Crippen LogP contribution in [0.3, 0.4) is 0 Å². The largest absolute Gasteiger partial charge is 0.459 e. The Hall–Kier alpha value is -5.36. The zero-order valence-corrected chi connectivity index (χ0v) is 21.8. The first-order valence-electron chi connectivity index (χ1n) is 12.7. The normalized spacial score (nSPS) is 19.5. The molecule has 42 heavy (non-hydrogen) atoms. The van der Waals surface area contributed by atoms with E-state index in [0.717, 1.165) is 0 Å². The summed E-state index contributed by atoms with van der Waals surface area (Å²) in [6.07, 6.45) is -5.28. The molecule has 4 aromatic rings. The van der Waals surface area contributed by atoms with E-state index in [4.69, 9.17) is 18.9 Å². The maximum Gasteiger partial charge on any atom is 0.338 e. The van der Waals surface area contributed by atoms with Gasteiger partial charge in [0.25, 0.3) is 5.56 Å². The minimum atomic E-state index is -1.59. The van der Waals surface area contributed by atoms with Crippen molar-refractivity contribution in [1.82, 2.24) is 9.55 Å². The number of aromatic nitrogens is 2. The number of hydrogen-bond acceptors (Lipinski definition) is 9. The minimum Gasteiger partial charge on any atom is -0.459 e. The number of hydrogen-bond donors (Lipinski definition) is 1. The number of esters is 3. The molecule has 1 fully saturated rings. The van der Waals surface area contributed by atoms with E-state index in [1.165, 1.54) is 36.4 Å². The number of aromatic amines is 1. The van der Waals surface area contributed by atoms with E-state index in [9.17, 15) is 28.4 Å². The molecule has 0 bridgehead atoms. The van der Waals surface area contributed by atoms with Gasteiger partial charge in [0.15, 0.2) is 18.4 Å². The minimum absolute atomic E-state index is 0.128. The lowest BCUT2D eigenvalue weighted by Crippen LogP contribution is -2.43. The zero-order chi connectivity index (χ0) is 29.6. The summed E-state index contributed by atoms with van der Waals surface area (Å²) < 4.78 is 37.8. The third-order valence-corrected chi connectivity index (χ3v) is 6.38. The average molecular weight is 575 g/mol. The average Bonchev–Trinajstić information content (AvgIpc) is 3.34. The maximum absolute atomic E-state index is 14.3. The van der Waals surface area contributed by atoms with Crippen molar-refractivity contribution in [2.45, 2.75) is 24.5 Å². The number of nitrogens with one attached hydrogen (secondary N) is 1. The zero-order valence-electron chi connectivity index (χ0n) is 21.8. The standard InChI is InChI=1S/C30H23FN2O9/c31-21-16-33(30(38)32-25(21)34)26-24(42-29(37)20-14-8-3-9-15-20)23(41-28(36)19-12-6-2-7-13-19)22(40-26)17-39-27(35)18-10-4-1-5-11-18/h1-16,22-24,26H,17H2,(H,32,34,38)/t22-,23-,24+,26-/m0/s1. The van der Waals surface area contributed by atoms with Crippen LogP contribution < -0.4 is 11.2 Å². The second-order valence-electron chi connectivity index (χ2n) is 9.15. The molecule has 0 radical (unpaired) electrons. The van der Waals surface area contributed by atoms with Crippen LogP contribution in [0.5, 0.6) is 0 Å². The van der Waals surface area contributed by atoms with Crippen molar-refractivity contribution >= 4 is 17.9 Å². The van der Waals surface area contributed by atoms with Gasteiger partial charge in [-0.15, -0.1) is 0 Å². The van der Waals surface area contributed by atoms with Crippen molar-refractivity contribution in [1.29, 1.82) is 0 Å². The highest BCUT2D eigenvalue weighted by molar-refractivity contribution is 5.91. The molecule has 2 heterocycles. The summed E-state index contributed by atoms with van der Waals surface area (Å²) in [4.78, 5) is 65.1. The summed E-state index contributed by atoms with van der Waals surface area (Å²) in [6.45, 7) is -0.503. The van der Waals surface area contributed by atoms with Crippen LogP contribution in [0.25, 0.3) is 0 Å². The first-order chi connectivity index (χ1) is 20.3. The number of carbonyl (C=O) groups is 3. The number of H-pyrrole nitrogens is 1. The van der Waals surface area contributed by atoms with Gasteiger partial charge in [0.1, 0.15) is 12.7 Å². The van der Waals surface area contributed by atoms with E-state index in [1.54, 1.807) is 54.6 Å². The predicted molar refractivity (Wildman–Crippen MR) is 143 cm³/mol. The highest BCUT2D eigenvalue weighted by atomic mass is 19.1. The molecule has 12 heteroatoms. The molecule has 5 rings (SSSR count). The van der Waals surface area contributed by atoms with Crippen molar-refractivity contribution in [3.63, 3.8) is 0 Å². The fourth-order valence-corrected chi connectivity index (χ4v) is 4.33. The van der Waals surface area contributed by atoms with Crippen molar-refractivity contribution in [2.24, 2.45) is 0 Å². The van der Waals surface area contributed by atoms with Gasteiger partial charge in [0, 0.05) is 0 Å². The number of halogens is 1. The van der Waals surface area contributed by atoms with Gasteiger partial charge in [-0.1, -0.05) is 54.6 Å². The lowest BCUT2D eigenvalue weighted by Gasteiger charge is -2.25. The molecule has 0 amide bonds. The number of rotatable bonds is 8. The summed E-state index contributed by atoms with van der Waals surface area (Å²) in [5.41, 5.74) is -1.84. The molecule has 1 aromatic heterocycles. The summed E-state index contributed by atoms with van der Waals surface area (Å²) >= 11 is 0. The molecule has 0 spiro atoms. The molecule has 0 saturated carbocycles. The van der Waals surface area contributed by atoms with Crippen molar-refractivity contribution in [3.05, 3.63) is 141 Å². The SMILES string of the molecule is O=C(OC[C@@H]1O[C@H](n2cc(F)c(=O)[nH]c2=O)[C@H](OC(=O)c2ccccc2)[C@H]1OC(=O)c1ccccc1)c1ccccc1. The molecule has 1 saturated heterocycles. The topological polar surface area (TPSA) is 143 Å². The third kappa shape index (κ3) is 6.18. The van der Waals surface area contributed by atoms with E-state index in [2.05, 4.69) is 0 Å². The fourth-order valence-electron chi connectivity index (χ4n) is 4.33. The van der Waals surface area contributed by atoms with Gasteiger partial charge in [0.05, 0.1) is 22.9 Å².